The third-order valence-electron chi connectivity index (χ3n) is 3.51. The Hall–Kier alpha value is -1.04. The van der Waals surface area contributed by atoms with Crippen molar-refractivity contribution in [2.24, 2.45) is 0 Å². The van der Waals surface area contributed by atoms with Gasteiger partial charge in [-0.2, -0.15) is 8.42 Å². The molecule has 0 aliphatic rings. The van der Waals surface area contributed by atoms with Crippen molar-refractivity contribution < 1.29 is 12.6 Å². The van der Waals surface area contributed by atoms with Crippen molar-refractivity contribution in [3.05, 3.63) is 74.7 Å². The molecule has 0 N–H and O–H groups in total. The Labute approximate surface area is 163 Å². The molecule has 2 aromatic rings. The van der Waals surface area contributed by atoms with Crippen molar-refractivity contribution in [1.82, 2.24) is 0 Å². The second kappa shape index (κ2) is 9.06. The summed E-state index contributed by atoms with van der Waals surface area (Å²) in [5.74, 6) is -0.238. The van der Waals surface area contributed by atoms with E-state index in [0.717, 1.165) is 17.4 Å². The molecule has 3 nitrogen and oxygen atoms in total. The van der Waals surface area contributed by atoms with E-state index in [0.29, 0.717) is 21.5 Å². The van der Waals surface area contributed by atoms with Gasteiger partial charge in [0.05, 0.1) is 12.9 Å². The van der Waals surface area contributed by atoms with Crippen LogP contribution in [0.2, 0.25) is 15.1 Å². The maximum absolute atomic E-state index is 11.3. The van der Waals surface area contributed by atoms with Crippen LogP contribution in [-0.4, -0.2) is 21.3 Å². The molecule has 0 heterocycles. The first-order chi connectivity index (χ1) is 11.8. The number of rotatable bonds is 7. The second-order valence-electron chi connectivity index (χ2n) is 5.51. The fourth-order valence-corrected chi connectivity index (χ4v) is 3.47. The van der Waals surface area contributed by atoms with Crippen LogP contribution in [0.15, 0.2) is 48.5 Å². The first-order valence-electron chi connectivity index (χ1n) is 7.46. The van der Waals surface area contributed by atoms with E-state index in [4.69, 9.17) is 39.0 Å². The zero-order valence-electron chi connectivity index (χ0n) is 13.5. The van der Waals surface area contributed by atoms with Crippen LogP contribution in [0.3, 0.4) is 0 Å². The highest BCUT2D eigenvalue weighted by atomic mass is 35.5. The van der Waals surface area contributed by atoms with Crippen LogP contribution in [0.5, 0.6) is 0 Å². The standard InChI is InChI=1S/C18H17Cl3O3S/c1-25(22,23)24-12-14(16-10-9-15(19)11-18(16)21)7-4-6-13-5-2-3-8-17(13)20/h2-6,8-11,14H,7,12H2,1H3. The Morgan fingerprint density at radius 1 is 1.08 bits per heavy atom. The number of allylic oxidation sites excluding steroid dienone is 1. The summed E-state index contributed by atoms with van der Waals surface area (Å²) in [4.78, 5) is 0. The van der Waals surface area contributed by atoms with Gasteiger partial charge in [0.2, 0.25) is 0 Å². The molecule has 0 saturated carbocycles. The molecule has 0 aliphatic carbocycles. The van der Waals surface area contributed by atoms with Crippen molar-refractivity contribution >= 4 is 51.0 Å². The third-order valence-corrected chi connectivity index (χ3v) is 4.98. The summed E-state index contributed by atoms with van der Waals surface area (Å²) in [5.41, 5.74) is 1.66. The second-order valence-corrected chi connectivity index (χ2v) is 8.41. The van der Waals surface area contributed by atoms with Gasteiger partial charge in [0, 0.05) is 21.0 Å². The zero-order valence-corrected chi connectivity index (χ0v) is 16.5. The Kier molecular flexibility index (Phi) is 7.35. The zero-order chi connectivity index (χ0) is 18.4. The van der Waals surface area contributed by atoms with Crippen molar-refractivity contribution in [3.8, 4) is 0 Å². The molecule has 0 fully saturated rings. The van der Waals surface area contributed by atoms with Gasteiger partial charge >= 0.3 is 0 Å². The molecule has 25 heavy (non-hydrogen) atoms. The Morgan fingerprint density at radius 3 is 2.44 bits per heavy atom. The van der Waals surface area contributed by atoms with Gasteiger partial charge in [-0.1, -0.05) is 71.2 Å². The minimum atomic E-state index is -3.55. The molecule has 0 aromatic heterocycles. The number of benzene rings is 2. The first kappa shape index (κ1) is 20.3. The van der Waals surface area contributed by atoms with E-state index < -0.39 is 10.1 Å². The van der Waals surface area contributed by atoms with Crippen LogP contribution in [-0.2, 0) is 14.3 Å². The smallest absolute Gasteiger partial charge is 0.264 e. The predicted octanol–water partition coefficient (Wildman–Crippen LogP) is 5.81. The summed E-state index contributed by atoms with van der Waals surface area (Å²) in [5, 5.41) is 1.64. The maximum atomic E-state index is 11.3. The maximum Gasteiger partial charge on any atom is 0.264 e. The molecular formula is C18H17Cl3O3S. The molecule has 2 rings (SSSR count). The SMILES string of the molecule is CS(=O)(=O)OCC(CC=Cc1ccccc1Cl)c1ccc(Cl)cc1Cl. The molecule has 0 saturated heterocycles. The topological polar surface area (TPSA) is 43.4 Å². The average Bonchev–Trinajstić information content (AvgIpc) is 2.52. The Bertz CT molecular complexity index is 864. The Morgan fingerprint density at radius 2 is 1.80 bits per heavy atom. The fourth-order valence-electron chi connectivity index (χ4n) is 2.29. The predicted molar refractivity (Wildman–Crippen MR) is 105 cm³/mol. The molecule has 0 radical (unpaired) electrons. The number of hydrogen-bond acceptors (Lipinski definition) is 3. The lowest BCUT2D eigenvalue weighted by molar-refractivity contribution is 0.295. The van der Waals surface area contributed by atoms with Gasteiger partial charge in [-0.15, -0.1) is 0 Å². The van der Waals surface area contributed by atoms with E-state index in [1.165, 1.54) is 0 Å². The van der Waals surface area contributed by atoms with E-state index >= 15 is 0 Å². The largest absolute Gasteiger partial charge is 0.270 e. The van der Waals surface area contributed by atoms with Gasteiger partial charge in [0.1, 0.15) is 0 Å². The number of halogens is 3. The summed E-state index contributed by atoms with van der Waals surface area (Å²) in [7, 11) is -3.55. The highest BCUT2D eigenvalue weighted by Crippen LogP contribution is 2.31. The summed E-state index contributed by atoms with van der Waals surface area (Å²) >= 11 is 18.3. The van der Waals surface area contributed by atoms with Crippen molar-refractivity contribution in [1.29, 1.82) is 0 Å². The summed E-state index contributed by atoms with van der Waals surface area (Å²) in [6, 6.07) is 12.6. The minimum absolute atomic E-state index is 0.00690. The van der Waals surface area contributed by atoms with Crippen molar-refractivity contribution in [2.45, 2.75) is 12.3 Å². The summed E-state index contributed by atoms with van der Waals surface area (Å²) < 4.78 is 27.6. The lowest BCUT2D eigenvalue weighted by atomic mass is 9.96. The lowest BCUT2D eigenvalue weighted by Crippen LogP contribution is -2.12. The fraction of sp³-hybridized carbons (Fsp3) is 0.222. The van der Waals surface area contributed by atoms with E-state index in [1.54, 1.807) is 18.2 Å². The van der Waals surface area contributed by atoms with Gasteiger partial charge in [-0.05, 0) is 35.7 Å². The van der Waals surface area contributed by atoms with Gasteiger partial charge < -0.3 is 0 Å². The minimum Gasteiger partial charge on any atom is -0.270 e. The van der Waals surface area contributed by atoms with Crippen LogP contribution in [0.25, 0.3) is 6.08 Å². The lowest BCUT2D eigenvalue weighted by Gasteiger charge is -2.17. The van der Waals surface area contributed by atoms with E-state index in [2.05, 4.69) is 0 Å². The third kappa shape index (κ3) is 6.65. The average molecular weight is 420 g/mol. The van der Waals surface area contributed by atoms with Gasteiger partial charge in [0.25, 0.3) is 10.1 Å². The molecule has 7 heteroatoms. The molecule has 1 unspecified atom stereocenters. The van der Waals surface area contributed by atoms with Crippen LogP contribution in [0, 0.1) is 0 Å². The highest BCUT2D eigenvalue weighted by Gasteiger charge is 2.17. The summed E-state index contributed by atoms with van der Waals surface area (Å²) in [6.07, 6.45) is 5.36. The molecule has 134 valence electrons. The van der Waals surface area contributed by atoms with Crippen molar-refractivity contribution in [3.63, 3.8) is 0 Å². The normalized spacial score (nSPS) is 13.3. The number of hydrogen-bond donors (Lipinski definition) is 0. The van der Waals surface area contributed by atoms with Crippen LogP contribution in [0.1, 0.15) is 23.5 Å². The van der Waals surface area contributed by atoms with E-state index in [9.17, 15) is 8.42 Å². The molecule has 0 spiro atoms. The molecule has 0 aliphatic heterocycles. The molecule has 0 amide bonds. The van der Waals surface area contributed by atoms with Crippen LogP contribution in [0.4, 0.5) is 0 Å². The van der Waals surface area contributed by atoms with Gasteiger partial charge in [-0.3, -0.25) is 4.18 Å². The summed E-state index contributed by atoms with van der Waals surface area (Å²) in [6.45, 7) is -0.00690. The first-order valence-corrected chi connectivity index (χ1v) is 10.4. The van der Waals surface area contributed by atoms with E-state index in [-0.39, 0.29) is 12.5 Å². The molecular weight excluding hydrogens is 403 g/mol. The van der Waals surface area contributed by atoms with Crippen molar-refractivity contribution in [2.75, 3.05) is 12.9 Å². The quantitative estimate of drug-likeness (QED) is 0.532. The van der Waals surface area contributed by atoms with Crippen LogP contribution < -0.4 is 0 Å². The van der Waals surface area contributed by atoms with Gasteiger partial charge in [0.15, 0.2) is 0 Å². The van der Waals surface area contributed by atoms with Crippen LogP contribution >= 0.6 is 34.8 Å². The molecule has 0 bridgehead atoms. The molecule has 1 atom stereocenters. The van der Waals surface area contributed by atoms with E-state index in [1.807, 2.05) is 36.4 Å². The monoisotopic (exact) mass is 418 g/mol. The Balaban J connectivity index is 2.21. The van der Waals surface area contributed by atoms with Gasteiger partial charge in [-0.25, -0.2) is 0 Å². The molecule has 2 aromatic carbocycles. The highest BCUT2D eigenvalue weighted by molar-refractivity contribution is 7.85.